The van der Waals surface area contributed by atoms with Crippen molar-refractivity contribution in [2.75, 3.05) is 0 Å². The second-order valence-corrected chi connectivity index (χ2v) is 5.45. The molecule has 1 aliphatic rings. The molecule has 0 bridgehead atoms. The zero-order valence-corrected chi connectivity index (χ0v) is 11.6. The largest absolute Gasteiger partial charge is 0.488 e. The number of ether oxygens (including phenoxy) is 1. The van der Waals surface area contributed by atoms with Gasteiger partial charge in [-0.15, -0.1) is 0 Å². The quantitative estimate of drug-likeness (QED) is 0.796. The topological polar surface area (TPSA) is 49.7 Å². The molecule has 0 aliphatic heterocycles. The van der Waals surface area contributed by atoms with Crippen molar-refractivity contribution in [3.63, 3.8) is 0 Å². The van der Waals surface area contributed by atoms with Crippen LogP contribution in [0.2, 0.25) is 0 Å². The van der Waals surface area contributed by atoms with E-state index in [2.05, 4.69) is 6.92 Å². The maximum Gasteiger partial charge on any atom is 0.488 e. The molecule has 2 N–H and O–H groups in total. The summed E-state index contributed by atoms with van der Waals surface area (Å²) in [5, 5.41) is 18.6. The highest BCUT2D eigenvalue weighted by atomic mass is 16.5. The van der Waals surface area contributed by atoms with Gasteiger partial charge in [-0.2, -0.15) is 0 Å². The minimum absolute atomic E-state index is 0.322. The summed E-state index contributed by atoms with van der Waals surface area (Å²) >= 11 is 0. The van der Waals surface area contributed by atoms with Gasteiger partial charge in [-0.3, -0.25) is 0 Å². The van der Waals surface area contributed by atoms with Crippen molar-refractivity contribution in [1.29, 1.82) is 0 Å². The molecule has 2 atom stereocenters. The first-order chi connectivity index (χ1) is 9.20. The molecule has 0 aromatic heterocycles. The van der Waals surface area contributed by atoms with Crippen molar-refractivity contribution in [2.45, 2.75) is 51.7 Å². The fraction of sp³-hybridized carbons (Fsp3) is 0.600. The molecule has 1 fully saturated rings. The van der Waals surface area contributed by atoms with Gasteiger partial charge in [0.1, 0.15) is 0 Å². The molecule has 4 heteroatoms. The maximum absolute atomic E-state index is 9.32. The molecule has 19 heavy (non-hydrogen) atoms. The predicted octanol–water partition coefficient (Wildman–Crippen LogP) is 1.85. The Morgan fingerprint density at radius 1 is 1.26 bits per heavy atom. The smallest absolute Gasteiger partial charge is 0.423 e. The lowest BCUT2D eigenvalue weighted by Crippen LogP contribution is -2.33. The van der Waals surface area contributed by atoms with Gasteiger partial charge in [0.05, 0.1) is 12.7 Å². The van der Waals surface area contributed by atoms with E-state index in [-0.39, 0.29) is 0 Å². The summed E-state index contributed by atoms with van der Waals surface area (Å²) in [7, 11) is -1.42. The molecule has 2 unspecified atom stereocenters. The fourth-order valence-corrected chi connectivity index (χ4v) is 2.89. The number of rotatable bonds is 5. The molecular weight excluding hydrogens is 239 g/mol. The Morgan fingerprint density at radius 3 is 2.79 bits per heavy atom. The molecule has 0 radical (unpaired) electrons. The summed E-state index contributed by atoms with van der Waals surface area (Å²) < 4.78 is 5.97. The Labute approximate surface area is 115 Å². The van der Waals surface area contributed by atoms with Crippen LogP contribution in [0.1, 0.15) is 44.6 Å². The molecular formula is C15H23BO3. The van der Waals surface area contributed by atoms with Crippen molar-refractivity contribution in [2.24, 2.45) is 5.92 Å². The molecule has 3 nitrogen and oxygen atoms in total. The lowest BCUT2D eigenvalue weighted by atomic mass is 9.77. The van der Waals surface area contributed by atoms with Crippen LogP contribution < -0.4 is 5.46 Å². The number of benzene rings is 1. The van der Waals surface area contributed by atoms with Gasteiger partial charge in [-0.25, -0.2) is 0 Å². The van der Waals surface area contributed by atoms with E-state index in [1.807, 2.05) is 18.2 Å². The zero-order chi connectivity index (χ0) is 13.7. The zero-order valence-electron chi connectivity index (χ0n) is 11.6. The van der Waals surface area contributed by atoms with Gasteiger partial charge in [-0.1, -0.05) is 50.5 Å². The summed E-state index contributed by atoms with van der Waals surface area (Å²) in [6, 6.07) is 7.35. The second-order valence-electron chi connectivity index (χ2n) is 5.45. The van der Waals surface area contributed by atoms with E-state index in [1.54, 1.807) is 6.07 Å². The van der Waals surface area contributed by atoms with Gasteiger partial charge < -0.3 is 14.8 Å². The van der Waals surface area contributed by atoms with Crippen molar-refractivity contribution >= 4 is 12.6 Å². The standard InChI is InChI=1S/C15H23BO3/c1-2-12-6-5-8-14(10-12)19-11-13-7-3-4-9-15(13)16(17)18/h3-4,7,9,12,14,17-18H,2,5-6,8,10-11H2,1H3. The van der Waals surface area contributed by atoms with Crippen molar-refractivity contribution in [1.82, 2.24) is 0 Å². The minimum Gasteiger partial charge on any atom is -0.423 e. The molecule has 0 heterocycles. The fourth-order valence-electron chi connectivity index (χ4n) is 2.89. The Hall–Kier alpha value is -0.835. The predicted molar refractivity (Wildman–Crippen MR) is 77.1 cm³/mol. The molecule has 1 saturated carbocycles. The summed E-state index contributed by atoms with van der Waals surface area (Å²) in [5.74, 6) is 0.789. The highest BCUT2D eigenvalue weighted by molar-refractivity contribution is 6.59. The highest BCUT2D eigenvalue weighted by Crippen LogP contribution is 2.28. The third kappa shape index (κ3) is 4.06. The monoisotopic (exact) mass is 262 g/mol. The van der Waals surface area contributed by atoms with Gasteiger partial charge in [-0.05, 0) is 29.8 Å². The Bertz CT molecular complexity index is 395. The molecule has 0 saturated heterocycles. The number of hydrogen-bond donors (Lipinski definition) is 2. The lowest BCUT2D eigenvalue weighted by Gasteiger charge is -2.28. The van der Waals surface area contributed by atoms with E-state index in [1.165, 1.54) is 19.3 Å². The van der Waals surface area contributed by atoms with Gasteiger partial charge in [0, 0.05) is 0 Å². The summed E-state index contributed by atoms with van der Waals surface area (Å²) in [6.45, 7) is 2.71. The van der Waals surface area contributed by atoms with E-state index in [9.17, 15) is 10.0 Å². The maximum atomic E-state index is 9.32. The van der Waals surface area contributed by atoms with Crippen molar-refractivity contribution in [3.8, 4) is 0 Å². The minimum atomic E-state index is -1.42. The Morgan fingerprint density at radius 2 is 2.05 bits per heavy atom. The van der Waals surface area contributed by atoms with E-state index in [4.69, 9.17) is 4.74 Å². The van der Waals surface area contributed by atoms with E-state index in [0.717, 1.165) is 24.3 Å². The summed E-state index contributed by atoms with van der Waals surface area (Å²) in [5.41, 5.74) is 1.42. The molecule has 104 valence electrons. The molecule has 1 aromatic rings. The van der Waals surface area contributed by atoms with Crippen LogP contribution in [0.15, 0.2) is 24.3 Å². The average Bonchev–Trinajstić information content (AvgIpc) is 2.45. The van der Waals surface area contributed by atoms with E-state index >= 15 is 0 Å². The highest BCUT2D eigenvalue weighted by Gasteiger charge is 2.22. The van der Waals surface area contributed by atoms with Crippen LogP contribution in [0.3, 0.4) is 0 Å². The van der Waals surface area contributed by atoms with E-state index in [0.29, 0.717) is 18.2 Å². The molecule has 0 spiro atoms. The number of hydrogen-bond acceptors (Lipinski definition) is 3. The SMILES string of the molecule is CCC1CCCC(OCc2ccccc2B(O)O)C1. The third-order valence-electron chi connectivity index (χ3n) is 4.12. The second kappa shape index (κ2) is 7.08. The van der Waals surface area contributed by atoms with E-state index < -0.39 is 7.12 Å². The van der Waals surface area contributed by atoms with Crippen LogP contribution in [-0.2, 0) is 11.3 Å². The first-order valence-corrected chi connectivity index (χ1v) is 7.26. The molecule has 1 aliphatic carbocycles. The van der Waals surface area contributed by atoms with Crippen LogP contribution in [-0.4, -0.2) is 23.3 Å². The molecule has 2 rings (SSSR count). The summed E-state index contributed by atoms with van der Waals surface area (Å²) in [4.78, 5) is 0. The van der Waals surface area contributed by atoms with Crippen LogP contribution in [0, 0.1) is 5.92 Å². The van der Waals surface area contributed by atoms with Crippen LogP contribution in [0.5, 0.6) is 0 Å². The van der Waals surface area contributed by atoms with Gasteiger partial charge >= 0.3 is 7.12 Å². The van der Waals surface area contributed by atoms with Gasteiger partial charge in [0.2, 0.25) is 0 Å². The Balaban J connectivity index is 1.91. The van der Waals surface area contributed by atoms with Gasteiger partial charge in [0.15, 0.2) is 0 Å². The van der Waals surface area contributed by atoms with Crippen LogP contribution in [0.4, 0.5) is 0 Å². The average molecular weight is 262 g/mol. The first kappa shape index (κ1) is 14.6. The molecule has 0 amide bonds. The lowest BCUT2D eigenvalue weighted by molar-refractivity contribution is 0.00202. The Kier molecular flexibility index (Phi) is 5.43. The first-order valence-electron chi connectivity index (χ1n) is 7.26. The van der Waals surface area contributed by atoms with Gasteiger partial charge in [0.25, 0.3) is 0 Å². The normalized spacial score (nSPS) is 23.3. The van der Waals surface area contributed by atoms with Crippen molar-refractivity contribution < 1.29 is 14.8 Å². The summed E-state index contributed by atoms with van der Waals surface area (Å²) in [6.07, 6.45) is 6.38. The third-order valence-corrected chi connectivity index (χ3v) is 4.12. The van der Waals surface area contributed by atoms with Crippen LogP contribution in [0.25, 0.3) is 0 Å². The molecule has 1 aromatic carbocycles. The van der Waals surface area contributed by atoms with Crippen molar-refractivity contribution in [3.05, 3.63) is 29.8 Å². The van der Waals surface area contributed by atoms with Crippen LogP contribution >= 0.6 is 0 Å².